The van der Waals surface area contributed by atoms with Crippen molar-refractivity contribution in [2.24, 2.45) is 0 Å². The van der Waals surface area contributed by atoms with E-state index in [-0.39, 0.29) is 0 Å². The third-order valence-corrected chi connectivity index (χ3v) is 4.63. The molecule has 1 fully saturated rings. The summed E-state index contributed by atoms with van der Waals surface area (Å²) in [7, 11) is 0. The van der Waals surface area contributed by atoms with Gasteiger partial charge in [0.05, 0.1) is 0 Å². The number of rotatable bonds is 4. The van der Waals surface area contributed by atoms with Crippen molar-refractivity contribution in [3.8, 4) is 0 Å². The van der Waals surface area contributed by atoms with Crippen LogP contribution in [0.2, 0.25) is 10.0 Å². The van der Waals surface area contributed by atoms with Gasteiger partial charge < -0.3 is 5.32 Å². The van der Waals surface area contributed by atoms with Crippen LogP contribution in [0.4, 0.5) is 5.69 Å². The summed E-state index contributed by atoms with van der Waals surface area (Å²) in [5.74, 6) is 0. The van der Waals surface area contributed by atoms with E-state index in [1.54, 1.807) is 0 Å². The average Bonchev–Trinajstić information content (AvgIpc) is 2.54. The Labute approximate surface area is 142 Å². The lowest BCUT2D eigenvalue weighted by molar-refractivity contribution is 0.211. The molecule has 1 saturated heterocycles. The molecule has 2 aromatic rings. The first-order valence-electron chi connectivity index (χ1n) is 7.68. The fourth-order valence-corrected chi connectivity index (χ4v) is 3.12. The van der Waals surface area contributed by atoms with E-state index in [0.717, 1.165) is 48.2 Å². The Bertz CT molecular complexity index is 532. The zero-order valence-electron chi connectivity index (χ0n) is 12.4. The van der Waals surface area contributed by atoms with Gasteiger partial charge in [0.25, 0.3) is 0 Å². The first kappa shape index (κ1) is 15.7. The third kappa shape index (κ3) is 4.39. The Balaban J connectivity index is 1.47. The lowest BCUT2D eigenvalue weighted by Gasteiger charge is -2.33. The van der Waals surface area contributed by atoms with Gasteiger partial charge in [0, 0.05) is 41.4 Å². The second kappa shape index (κ2) is 7.36. The van der Waals surface area contributed by atoms with Crippen LogP contribution in [-0.4, -0.2) is 24.0 Å². The number of benzene rings is 2. The molecule has 1 heterocycles. The molecule has 1 aliphatic rings. The molecule has 4 heteroatoms. The quantitative estimate of drug-likeness (QED) is 0.839. The molecule has 22 heavy (non-hydrogen) atoms. The van der Waals surface area contributed by atoms with Gasteiger partial charge in [-0.3, -0.25) is 4.90 Å². The van der Waals surface area contributed by atoms with Crippen LogP contribution < -0.4 is 5.32 Å². The summed E-state index contributed by atoms with van der Waals surface area (Å²) in [5, 5.41) is 5.18. The summed E-state index contributed by atoms with van der Waals surface area (Å²) < 4.78 is 0. The molecule has 0 bridgehead atoms. The van der Waals surface area contributed by atoms with Crippen molar-refractivity contribution >= 4 is 28.9 Å². The van der Waals surface area contributed by atoms with Gasteiger partial charge in [-0.1, -0.05) is 35.3 Å². The van der Waals surface area contributed by atoms with Gasteiger partial charge in [-0.15, -0.1) is 0 Å². The third-order valence-electron chi connectivity index (χ3n) is 4.12. The normalized spacial score (nSPS) is 16.6. The molecule has 0 amide bonds. The highest BCUT2D eigenvalue weighted by Crippen LogP contribution is 2.20. The van der Waals surface area contributed by atoms with E-state index in [1.807, 2.05) is 36.4 Å². The van der Waals surface area contributed by atoms with Gasteiger partial charge in [0.1, 0.15) is 0 Å². The van der Waals surface area contributed by atoms with Crippen LogP contribution in [0.1, 0.15) is 18.4 Å². The lowest BCUT2D eigenvalue weighted by atomic mass is 10.0. The maximum atomic E-state index is 5.93. The van der Waals surface area contributed by atoms with Crippen LogP contribution in [0.15, 0.2) is 48.5 Å². The number of likely N-dealkylation sites (tertiary alicyclic amines) is 1. The number of nitrogens with one attached hydrogen (secondary N) is 1. The molecule has 116 valence electrons. The first-order chi connectivity index (χ1) is 10.7. The van der Waals surface area contributed by atoms with Crippen molar-refractivity contribution in [2.75, 3.05) is 18.4 Å². The highest BCUT2D eigenvalue weighted by Gasteiger charge is 2.19. The van der Waals surface area contributed by atoms with Crippen LogP contribution >= 0.6 is 23.2 Å². The Hall–Kier alpha value is -1.22. The number of halogens is 2. The topological polar surface area (TPSA) is 15.3 Å². The zero-order valence-corrected chi connectivity index (χ0v) is 13.9. The van der Waals surface area contributed by atoms with Gasteiger partial charge in [-0.05, 0) is 54.8 Å². The zero-order chi connectivity index (χ0) is 15.4. The smallest absolute Gasteiger partial charge is 0.0407 e. The van der Waals surface area contributed by atoms with E-state index in [2.05, 4.69) is 22.3 Å². The van der Waals surface area contributed by atoms with Crippen molar-refractivity contribution in [3.05, 3.63) is 64.1 Å². The largest absolute Gasteiger partial charge is 0.382 e. The van der Waals surface area contributed by atoms with Crippen molar-refractivity contribution in [1.82, 2.24) is 4.90 Å². The summed E-state index contributed by atoms with van der Waals surface area (Å²) in [6.45, 7) is 3.24. The highest BCUT2D eigenvalue weighted by molar-refractivity contribution is 6.30. The Morgan fingerprint density at radius 3 is 2.00 bits per heavy atom. The van der Waals surface area contributed by atoms with E-state index in [9.17, 15) is 0 Å². The van der Waals surface area contributed by atoms with Gasteiger partial charge in [0.15, 0.2) is 0 Å². The SMILES string of the molecule is Clc1ccc(CN2CCC(Nc3ccc(Cl)cc3)CC2)cc1. The molecule has 2 nitrogen and oxygen atoms in total. The van der Waals surface area contributed by atoms with Crippen molar-refractivity contribution in [1.29, 1.82) is 0 Å². The highest BCUT2D eigenvalue weighted by atomic mass is 35.5. The predicted octanol–water partition coefficient (Wildman–Crippen LogP) is 5.07. The van der Waals surface area contributed by atoms with Gasteiger partial charge in [-0.25, -0.2) is 0 Å². The molecule has 2 aromatic carbocycles. The van der Waals surface area contributed by atoms with E-state index >= 15 is 0 Å². The van der Waals surface area contributed by atoms with Gasteiger partial charge in [0.2, 0.25) is 0 Å². The van der Waals surface area contributed by atoms with E-state index < -0.39 is 0 Å². The number of hydrogen-bond acceptors (Lipinski definition) is 2. The maximum Gasteiger partial charge on any atom is 0.0407 e. The molecule has 3 rings (SSSR count). The van der Waals surface area contributed by atoms with E-state index in [4.69, 9.17) is 23.2 Å². The van der Waals surface area contributed by atoms with Crippen LogP contribution in [0.3, 0.4) is 0 Å². The monoisotopic (exact) mass is 334 g/mol. The van der Waals surface area contributed by atoms with Crippen LogP contribution in [0, 0.1) is 0 Å². The molecular weight excluding hydrogens is 315 g/mol. The molecule has 0 unspecified atom stereocenters. The minimum Gasteiger partial charge on any atom is -0.382 e. The molecule has 0 saturated carbocycles. The standard InChI is InChI=1S/C18H20Cl2N2/c19-15-3-1-14(2-4-15)13-22-11-9-18(10-12-22)21-17-7-5-16(20)6-8-17/h1-8,18,21H,9-13H2. The summed E-state index contributed by atoms with van der Waals surface area (Å²) in [6, 6.07) is 16.6. The Kier molecular flexibility index (Phi) is 5.24. The van der Waals surface area contributed by atoms with Crippen LogP contribution in [0.5, 0.6) is 0 Å². The lowest BCUT2D eigenvalue weighted by Crippen LogP contribution is -2.38. The first-order valence-corrected chi connectivity index (χ1v) is 8.43. The average molecular weight is 335 g/mol. The fraction of sp³-hybridized carbons (Fsp3) is 0.333. The number of hydrogen-bond donors (Lipinski definition) is 1. The summed E-state index contributed by atoms with van der Waals surface area (Å²) in [5.41, 5.74) is 2.48. The molecule has 1 aliphatic heterocycles. The molecule has 0 atom stereocenters. The predicted molar refractivity (Wildman–Crippen MR) is 94.8 cm³/mol. The summed E-state index contributed by atoms with van der Waals surface area (Å²) in [6.07, 6.45) is 2.33. The molecular formula is C18H20Cl2N2. The minimum atomic E-state index is 0.544. The van der Waals surface area contributed by atoms with E-state index in [0.29, 0.717) is 6.04 Å². The summed E-state index contributed by atoms with van der Waals surface area (Å²) >= 11 is 11.8. The molecule has 0 spiro atoms. The Morgan fingerprint density at radius 1 is 0.864 bits per heavy atom. The van der Waals surface area contributed by atoms with Crippen molar-refractivity contribution in [2.45, 2.75) is 25.4 Å². The summed E-state index contributed by atoms with van der Waals surface area (Å²) in [4.78, 5) is 2.50. The van der Waals surface area contributed by atoms with Gasteiger partial charge >= 0.3 is 0 Å². The molecule has 0 aliphatic carbocycles. The number of anilines is 1. The molecule has 0 aromatic heterocycles. The Morgan fingerprint density at radius 2 is 1.41 bits per heavy atom. The van der Waals surface area contributed by atoms with Crippen LogP contribution in [0.25, 0.3) is 0 Å². The second-order valence-corrected chi connectivity index (χ2v) is 6.70. The van der Waals surface area contributed by atoms with Crippen LogP contribution in [-0.2, 0) is 6.54 Å². The molecule has 1 N–H and O–H groups in total. The minimum absolute atomic E-state index is 0.544. The van der Waals surface area contributed by atoms with Crippen molar-refractivity contribution < 1.29 is 0 Å². The van der Waals surface area contributed by atoms with E-state index in [1.165, 1.54) is 5.56 Å². The fourth-order valence-electron chi connectivity index (χ4n) is 2.87. The van der Waals surface area contributed by atoms with Gasteiger partial charge in [-0.2, -0.15) is 0 Å². The number of piperidine rings is 1. The number of nitrogens with zero attached hydrogens (tertiary/aromatic N) is 1. The van der Waals surface area contributed by atoms with Crippen molar-refractivity contribution in [3.63, 3.8) is 0 Å². The maximum absolute atomic E-state index is 5.93. The second-order valence-electron chi connectivity index (χ2n) is 5.83. The molecule has 0 radical (unpaired) electrons.